The van der Waals surface area contributed by atoms with Gasteiger partial charge in [-0.3, -0.25) is 9.69 Å². The lowest BCUT2D eigenvalue weighted by Crippen LogP contribution is -2.27. The van der Waals surface area contributed by atoms with Gasteiger partial charge in [0.2, 0.25) is 0 Å². The Morgan fingerprint density at radius 1 is 1.38 bits per heavy atom. The van der Waals surface area contributed by atoms with Gasteiger partial charge in [-0.25, -0.2) is 4.79 Å². The molecule has 0 saturated carbocycles. The fourth-order valence-corrected chi connectivity index (χ4v) is 4.27. The number of thiophene rings is 1. The van der Waals surface area contributed by atoms with E-state index in [1.165, 1.54) is 28.0 Å². The molecule has 0 aliphatic carbocycles. The summed E-state index contributed by atoms with van der Waals surface area (Å²) in [6.07, 6.45) is 3.33. The van der Waals surface area contributed by atoms with Crippen LogP contribution in [-0.4, -0.2) is 27.6 Å². The van der Waals surface area contributed by atoms with E-state index >= 15 is 0 Å². The van der Waals surface area contributed by atoms with Crippen molar-refractivity contribution < 1.29 is 14.3 Å². The molecule has 26 heavy (non-hydrogen) atoms. The first-order valence-corrected chi connectivity index (χ1v) is 9.89. The molecule has 1 aliphatic rings. The second kappa shape index (κ2) is 8.18. The molecular weight excluding hydrogens is 410 g/mol. The topological polar surface area (TPSA) is 46.6 Å². The fraction of sp³-hybridized carbons (Fsp3) is 0.0556. The maximum atomic E-state index is 12.3. The lowest BCUT2D eigenvalue weighted by Gasteiger charge is -2.10. The van der Waals surface area contributed by atoms with Crippen molar-refractivity contribution in [3.63, 3.8) is 0 Å². The highest BCUT2D eigenvalue weighted by atomic mass is 35.5. The van der Waals surface area contributed by atoms with E-state index in [1.807, 2.05) is 0 Å². The minimum Gasteiger partial charge on any atom is -0.421 e. The molecule has 2 heterocycles. The van der Waals surface area contributed by atoms with Gasteiger partial charge in [0.05, 0.1) is 9.93 Å². The van der Waals surface area contributed by atoms with Crippen molar-refractivity contribution in [3.8, 4) is 5.75 Å². The third kappa shape index (κ3) is 4.07. The van der Waals surface area contributed by atoms with Gasteiger partial charge in [0.25, 0.3) is 5.91 Å². The highest BCUT2D eigenvalue weighted by Gasteiger charge is 2.30. The molecule has 0 atom stereocenters. The molecular formula is C18H12ClNO3S3. The summed E-state index contributed by atoms with van der Waals surface area (Å²) in [4.78, 5) is 26.8. The van der Waals surface area contributed by atoms with E-state index in [0.717, 1.165) is 0 Å². The Bertz CT molecular complexity index is 922. The number of hydrogen-bond acceptors (Lipinski definition) is 6. The molecule has 1 aromatic carbocycles. The highest BCUT2D eigenvalue weighted by Crippen LogP contribution is 2.34. The molecule has 2 aromatic rings. The average molecular weight is 422 g/mol. The smallest absolute Gasteiger partial charge is 0.353 e. The van der Waals surface area contributed by atoms with Gasteiger partial charge >= 0.3 is 5.97 Å². The predicted molar refractivity (Wildman–Crippen MR) is 111 cm³/mol. The molecule has 1 amide bonds. The zero-order chi connectivity index (χ0) is 18.7. The van der Waals surface area contributed by atoms with E-state index in [0.29, 0.717) is 26.2 Å². The zero-order valence-electron chi connectivity index (χ0n) is 13.3. The summed E-state index contributed by atoms with van der Waals surface area (Å²) >= 11 is 13.9. The van der Waals surface area contributed by atoms with Gasteiger partial charge in [-0.2, -0.15) is 0 Å². The molecule has 0 unspecified atom stereocenters. The number of amides is 1. The van der Waals surface area contributed by atoms with Gasteiger partial charge in [0, 0.05) is 6.54 Å². The number of carbonyl (C=O) groups excluding carboxylic acids is 2. The van der Waals surface area contributed by atoms with Crippen molar-refractivity contribution in [2.24, 2.45) is 0 Å². The molecule has 132 valence electrons. The van der Waals surface area contributed by atoms with Gasteiger partial charge in [0.15, 0.2) is 0 Å². The number of rotatable bonds is 5. The second-order valence-corrected chi connectivity index (χ2v) is 8.17. The van der Waals surface area contributed by atoms with Crippen molar-refractivity contribution in [3.05, 3.63) is 68.7 Å². The first-order chi connectivity index (χ1) is 12.5. The average Bonchev–Trinajstić information content (AvgIpc) is 3.22. The van der Waals surface area contributed by atoms with Gasteiger partial charge in [0.1, 0.15) is 14.9 Å². The van der Waals surface area contributed by atoms with Crippen LogP contribution in [0.1, 0.15) is 15.2 Å². The molecule has 8 heteroatoms. The normalized spacial score (nSPS) is 15.6. The summed E-state index contributed by atoms with van der Waals surface area (Å²) in [6.45, 7) is 4.00. The molecule has 1 aromatic heterocycles. The van der Waals surface area contributed by atoms with Crippen molar-refractivity contribution in [2.45, 2.75) is 0 Å². The van der Waals surface area contributed by atoms with E-state index in [2.05, 4.69) is 6.58 Å². The molecule has 1 fully saturated rings. The van der Waals surface area contributed by atoms with Crippen LogP contribution in [0.4, 0.5) is 0 Å². The first-order valence-electron chi connectivity index (χ1n) is 7.41. The van der Waals surface area contributed by atoms with Crippen LogP contribution >= 0.6 is 46.9 Å². The Morgan fingerprint density at radius 2 is 2.19 bits per heavy atom. The summed E-state index contributed by atoms with van der Waals surface area (Å²) in [5, 5.41) is 2.08. The molecule has 0 spiro atoms. The zero-order valence-corrected chi connectivity index (χ0v) is 16.5. The van der Waals surface area contributed by atoms with Gasteiger partial charge in [-0.15, -0.1) is 17.9 Å². The number of halogens is 1. The molecule has 4 nitrogen and oxygen atoms in total. The van der Waals surface area contributed by atoms with Crippen LogP contribution in [0.3, 0.4) is 0 Å². The van der Waals surface area contributed by atoms with Crippen molar-refractivity contribution in [1.82, 2.24) is 4.90 Å². The number of ether oxygens (including phenoxy) is 1. The Kier molecular flexibility index (Phi) is 5.93. The third-order valence-electron chi connectivity index (χ3n) is 3.36. The number of esters is 1. The van der Waals surface area contributed by atoms with Crippen LogP contribution in [0, 0.1) is 0 Å². The number of carbonyl (C=O) groups is 2. The summed E-state index contributed by atoms with van der Waals surface area (Å²) in [5.74, 6) is -0.356. The molecule has 1 saturated heterocycles. The predicted octanol–water partition coefficient (Wildman–Crippen LogP) is 5.01. The Balaban J connectivity index is 1.77. The maximum Gasteiger partial charge on any atom is 0.353 e. The quantitative estimate of drug-likeness (QED) is 0.223. The lowest BCUT2D eigenvalue weighted by atomic mass is 10.2. The highest BCUT2D eigenvalue weighted by molar-refractivity contribution is 8.26. The minimum atomic E-state index is -0.458. The molecule has 3 rings (SSSR count). The van der Waals surface area contributed by atoms with Crippen LogP contribution in [0.2, 0.25) is 5.02 Å². The van der Waals surface area contributed by atoms with E-state index in [9.17, 15) is 9.59 Å². The number of thioether (sulfide) groups is 1. The van der Waals surface area contributed by atoms with Gasteiger partial charge in [-0.05, 0) is 35.2 Å². The van der Waals surface area contributed by atoms with E-state index in [1.54, 1.807) is 47.9 Å². The number of benzene rings is 1. The summed E-state index contributed by atoms with van der Waals surface area (Å²) < 4.78 is 5.80. The van der Waals surface area contributed by atoms with Crippen LogP contribution in [-0.2, 0) is 4.79 Å². The summed E-state index contributed by atoms with van der Waals surface area (Å²) in [7, 11) is 0. The molecule has 0 N–H and O–H groups in total. The number of thiocarbonyl (C=S) groups is 1. The molecule has 0 bridgehead atoms. The summed E-state index contributed by atoms with van der Waals surface area (Å²) in [6, 6.07) is 8.42. The standard InChI is InChI=1S/C18H12ClNO3S3/c1-2-7-20-16(21)15(26-18(20)24)10-11-5-6-13(12(19)9-11)23-17(22)14-4-3-8-25-14/h2-6,8-10H,1,7H2. The van der Waals surface area contributed by atoms with Crippen LogP contribution in [0.5, 0.6) is 5.75 Å². The van der Waals surface area contributed by atoms with Crippen molar-refractivity contribution in [1.29, 1.82) is 0 Å². The fourth-order valence-electron chi connectivity index (χ4n) is 2.17. The number of nitrogens with zero attached hydrogens (tertiary/aromatic N) is 1. The van der Waals surface area contributed by atoms with Crippen LogP contribution in [0.15, 0.2) is 53.3 Å². The minimum absolute atomic E-state index is 0.163. The Morgan fingerprint density at radius 3 is 2.85 bits per heavy atom. The van der Waals surface area contributed by atoms with Crippen LogP contribution in [0.25, 0.3) is 6.08 Å². The van der Waals surface area contributed by atoms with E-state index in [4.69, 9.17) is 28.6 Å². The first kappa shape index (κ1) is 18.8. The molecule has 1 aliphatic heterocycles. The summed E-state index contributed by atoms with van der Waals surface area (Å²) in [5.41, 5.74) is 0.713. The third-order valence-corrected chi connectivity index (χ3v) is 5.89. The lowest BCUT2D eigenvalue weighted by molar-refractivity contribution is -0.121. The van der Waals surface area contributed by atoms with Gasteiger partial charge < -0.3 is 4.74 Å². The van der Waals surface area contributed by atoms with E-state index < -0.39 is 5.97 Å². The SMILES string of the molecule is C=CCN1C(=O)C(=Cc2ccc(OC(=O)c3cccs3)c(Cl)c2)SC1=S. The largest absolute Gasteiger partial charge is 0.421 e. The second-order valence-electron chi connectivity index (χ2n) is 5.14. The van der Waals surface area contributed by atoms with Crippen molar-refractivity contribution in [2.75, 3.05) is 6.54 Å². The molecule has 0 radical (unpaired) electrons. The van der Waals surface area contributed by atoms with Gasteiger partial charge in [-0.1, -0.05) is 53.8 Å². The van der Waals surface area contributed by atoms with Crippen LogP contribution < -0.4 is 4.74 Å². The van der Waals surface area contributed by atoms with E-state index in [-0.39, 0.29) is 16.7 Å². The number of hydrogen-bond donors (Lipinski definition) is 0. The maximum absolute atomic E-state index is 12.3. The Hall–Kier alpha value is -1.93. The van der Waals surface area contributed by atoms with Crippen molar-refractivity contribution >= 4 is 69.2 Å². The Labute approximate surface area is 169 Å². The monoisotopic (exact) mass is 421 g/mol.